The van der Waals surface area contributed by atoms with Gasteiger partial charge in [-0.2, -0.15) is 13.2 Å². The fourth-order valence-electron chi connectivity index (χ4n) is 1.41. The molecule has 1 aromatic rings. The average Bonchev–Trinajstić information content (AvgIpc) is 2.25. The first-order chi connectivity index (χ1) is 7.91. The number of nitrogens with one attached hydrogen (secondary N) is 1. The third-order valence-corrected chi connectivity index (χ3v) is 2.23. The molecule has 0 saturated carbocycles. The Kier molecular flexibility index (Phi) is 4.10. The van der Waals surface area contributed by atoms with E-state index in [9.17, 15) is 17.6 Å². The van der Waals surface area contributed by atoms with Gasteiger partial charge in [-0.25, -0.2) is 4.39 Å². The maximum absolute atomic E-state index is 13.6. The Morgan fingerprint density at radius 1 is 1.41 bits per heavy atom. The van der Waals surface area contributed by atoms with Crippen LogP contribution in [0.5, 0.6) is 0 Å². The minimum absolute atomic E-state index is 0.00523. The monoisotopic (exact) mass is 246 g/mol. The Labute approximate surface area is 95.8 Å². The van der Waals surface area contributed by atoms with Gasteiger partial charge in [0.05, 0.1) is 11.6 Å². The second kappa shape index (κ2) is 5.17. The molecular weight excluding hydrogens is 236 g/mol. The molecule has 0 heterocycles. The van der Waals surface area contributed by atoms with Crippen LogP contribution >= 0.6 is 0 Å². The molecule has 0 aliphatic heterocycles. The number of hydrogen-bond acceptors (Lipinski definition) is 2. The smallest absolute Gasteiger partial charge is 0.271 e. The molecular formula is C11H10F4N2. The number of halogens is 4. The quantitative estimate of drug-likeness (QED) is 0.372. The molecule has 0 saturated heterocycles. The minimum Gasteiger partial charge on any atom is -0.271 e. The topological polar surface area (TPSA) is 38.0 Å². The zero-order chi connectivity index (χ0) is 13.1. The van der Waals surface area contributed by atoms with E-state index in [1.807, 2.05) is 0 Å². The van der Waals surface area contributed by atoms with Gasteiger partial charge in [-0.1, -0.05) is 12.1 Å². The molecule has 1 rings (SSSR count). The van der Waals surface area contributed by atoms with Crippen molar-refractivity contribution in [1.82, 2.24) is 5.43 Å². The largest absolute Gasteiger partial charge is 0.419 e. The first-order valence-corrected chi connectivity index (χ1v) is 4.67. The summed E-state index contributed by atoms with van der Waals surface area (Å²) in [5.41, 5.74) is 0.668. The highest BCUT2D eigenvalue weighted by Crippen LogP contribution is 2.34. The Morgan fingerprint density at radius 3 is 2.53 bits per heavy atom. The Hall–Kier alpha value is -1.58. The van der Waals surface area contributed by atoms with Crippen LogP contribution in [-0.4, -0.2) is 0 Å². The first-order valence-electron chi connectivity index (χ1n) is 4.67. The van der Waals surface area contributed by atoms with E-state index < -0.39 is 23.6 Å². The molecule has 0 amide bonds. The molecule has 1 atom stereocenters. The lowest BCUT2D eigenvalue weighted by atomic mass is 10.0. The predicted octanol–water partition coefficient (Wildman–Crippen LogP) is 2.37. The van der Waals surface area contributed by atoms with Crippen molar-refractivity contribution in [1.29, 1.82) is 0 Å². The molecule has 17 heavy (non-hydrogen) atoms. The van der Waals surface area contributed by atoms with E-state index in [2.05, 4.69) is 11.3 Å². The third-order valence-electron chi connectivity index (χ3n) is 2.23. The fraction of sp³-hybridized carbons (Fsp3) is 0.273. The average molecular weight is 246 g/mol. The van der Waals surface area contributed by atoms with Crippen LogP contribution in [0.3, 0.4) is 0 Å². The molecule has 0 fully saturated rings. The molecule has 1 aromatic carbocycles. The number of nitrogens with two attached hydrogens (primary N) is 1. The van der Waals surface area contributed by atoms with Crippen molar-refractivity contribution in [2.45, 2.75) is 18.6 Å². The van der Waals surface area contributed by atoms with Gasteiger partial charge in [0.25, 0.3) is 0 Å². The lowest BCUT2D eigenvalue weighted by Crippen LogP contribution is -2.29. The van der Waals surface area contributed by atoms with Crippen molar-refractivity contribution in [2.24, 2.45) is 5.84 Å². The summed E-state index contributed by atoms with van der Waals surface area (Å²) in [6.45, 7) is 0. The second-order valence-corrected chi connectivity index (χ2v) is 3.33. The van der Waals surface area contributed by atoms with Crippen LogP contribution in [0.1, 0.15) is 23.6 Å². The van der Waals surface area contributed by atoms with E-state index in [4.69, 9.17) is 12.3 Å². The number of hydrazine groups is 1. The molecule has 92 valence electrons. The van der Waals surface area contributed by atoms with Crippen molar-refractivity contribution >= 4 is 0 Å². The summed E-state index contributed by atoms with van der Waals surface area (Å²) >= 11 is 0. The molecule has 1 unspecified atom stereocenters. The zero-order valence-electron chi connectivity index (χ0n) is 8.68. The predicted molar refractivity (Wildman–Crippen MR) is 54.9 cm³/mol. The van der Waals surface area contributed by atoms with E-state index in [1.165, 1.54) is 6.07 Å². The van der Waals surface area contributed by atoms with Crippen LogP contribution in [0.4, 0.5) is 17.6 Å². The van der Waals surface area contributed by atoms with E-state index >= 15 is 0 Å². The molecule has 0 aliphatic carbocycles. The molecule has 0 aliphatic rings. The van der Waals surface area contributed by atoms with Crippen LogP contribution in [0.15, 0.2) is 18.2 Å². The van der Waals surface area contributed by atoms with Crippen molar-refractivity contribution in [2.75, 3.05) is 0 Å². The Balaban J connectivity index is 3.23. The van der Waals surface area contributed by atoms with Gasteiger partial charge in [0.15, 0.2) is 0 Å². The van der Waals surface area contributed by atoms with Gasteiger partial charge < -0.3 is 0 Å². The van der Waals surface area contributed by atoms with Gasteiger partial charge in [-0.05, 0) is 6.07 Å². The first kappa shape index (κ1) is 13.5. The summed E-state index contributed by atoms with van der Waals surface area (Å²) in [5, 5.41) is 0. The SMILES string of the molecule is C#CCC(NN)c1cccc(C(F)(F)F)c1F. The number of benzene rings is 1. The van der Waals surface area contributed by atoms with Crippen LogP contribution < -0.4 is 11.3 Å². The standard InChI is InChI=1S/C11H10F4N2/c1-2-4-9(17-16)7-5-3-6-8(10(7)12)11(13,14)15/h1,3,5-6,9,17H,4,16H2. The Bertz CT molecular complexity index is 434. The van der Waals surface area contributed by atoms with E-state index in [0.717, 1.165) is 6.07 Å². The molecule has 0 bridgehead atoms. The molecule has 0 radical (unpaired) electrons. The maximum Gasteiger partial charge on any atom is 0.419 e. The van der Waals surface area contributed by atoms with Crippen molar-refractivity contribution in [3.05, 3.63) is 35.1 Å². The number of hydrogen-bond donors (Lipinski definition) is 2. The lowest BCUT2D eigenvalue weighted by Gasteiger charge is -2.17. The minimum atomic E-state index is -4.74. The second-order valence-electron chi connectivity index (χ2n) is 3.33. The molecule has 3 N–H and O–H groups in total. The van der Waals surface area contributed by atoms with Gasteiger partial charge in [-0.15, -0.1) is 12.3 Å². The molecule has 0 aromatic heterocycles. The highest BCUT2D eigenvalue weighted by Gasteiger charge is 2.35. The van der Waals surface area contributed by atoms with Crippen LogP contribution in [0.2, 0.25) is 0 Å². The number of alkyl halides is 3. The third kappa shape index (κ3) is 2.96. The zero-order valence-corrected chi connectivity index (χ0v) is 8.68. The van der Waals surface area contributed by atoms with Crippen LogP contribution in [0.25, 0.3) is 0 Å². The van der Waals surface area contributed by atoms with Crippen molar-refractivity contribution < 1.29 is 17.6 Å². The molecule has 6 heteroatoms. The summed E-state index contributed by atoms with van der Waals surface area (Å²) in [5.74, 6) is 5.99. The van der Waals surface area contributed by atoms with Crippen molar-refractivity contribution in [3.63, 3.8) is 0 Å². The van der Waals surface area contributed by atoms with Gasteiger partial charge in [0.2, 0.25) is 0 Å². The van der Waals surface area contributed by atoms with E-state index in [1.54, 1.807) is 0 Å². The highest BCUT2D eigenvalue weighted by molar-refractivity contribution is 5.31. The summed E-state index contributed by atoms with van der Waals surface area (Å²) in [4.78, 5) is 0. The molecule has 0 spiro atoms. The summed E-state index contributed by atoms with van der Waals surface area (Å²) in [6.07, 6.45) is 0.280. The highest BCUT2D eigenvalue weighted by atomic mass is 19.4. The van der Waals surface area contributed by atoms with Gasteiger partial charge in [0.1, 0.15) is 5.82 Å². The van der Waals surface area contributed by atoms with E-state index in [0.29, 0.717) is 6.07 Å². The summed E-state index contributed by atoms with van der Waals surface area (Å²) in [6, 6.07) is 2.15. The van der Waals surface area contributed by atoms with Gasteiger partial charge in [0, 0.05) is 12.0 Å². The summed E-state index contributed by atoms with van der Waals surface area (Å²) in [7, 11) is 0. The van der Waals surface area contributed by atoms with Crippen molar-refractivity contribution in [3.8, 4) is 12.3 Å². The summed E-state index contributed by atoms with van der Waals surface area (Å²) < 4.78 is 51.0. The fourth-order valence-corrected chi connectivity index (χ4v) is 1.41. The Morgan fingerprint density at radius 2 is 2.06 bits per heavy atom. The van der Waals surface area contributed by atoms with E-state index in [-0.39, 0.29) is 12.0 Å². The number of terminal acetylenes is 1. The molecule has 2 nitrogen and oxygen atoms in total. The number of rotatable bonds is 3. The van der Waals surface area contributed by atoms with Gasteiger partial charge >= 0.3 is 6.18 Å². The normalized spacial score (nSPS) is 13.2. The van der Waals surface area contributed by atoms with Crippen LogP contribution in [-0.2, 0) is 6.18 Å². The lowest BCUT2D eigenvalue weighted by molar-refractivity contribution is -0.140. The maximum atomic E-state index is 13.6. The van der Waals surface area contributed by atoms with Crippen LogP contribution in [0, 0.1) is 18.2 Å². The van der Waals surface area contributed by atoms with Gasteiger partial charge in [-0.3, -0.25) is 11.3 Å².